The van der Waals surface area contributed by atoms with Crippen LogP contribution in [0.5, 0.6) is 0 Å². The highest BCUT2D eigenvalue weighted by atomic mass is 31.2. The van der Waals surface area contributed by atoms with Gasteiger partial charge in [-0.25, -0.2) is 0 Å². The van der Waals surface area contributed by atoms with Gasteiger partial charge in [0.1, 0.15) is 0 Å². The van der Waals surface area contributed by atoms with Crippen molar-refractivity contribution in [1.29, 1.82) is 0 Å². The van der Waals surface area contributed by atoms with E-state index < -0.39 is 0 Å². The molecule has 0 rings (SSSR count). The van der Waals surface area contributed by atoms with Crippen LogP contribution in [0.1, 0.15) is 0 Å². The molecule has 0 aliphatic heterocycles. The normalized spacial score (nSPS) is 14.5. The lowest BCUT2D eigenvalue weighted by molar-refractivity contribution is 0.459. The van der Waals surface area contributed by atoms with Crippen LogP contribution in [0.2, 0.25) is 0 Å². The summed E-state index contributed by atoms with van der Waals surface area (Å²) >= 11 is 0. The van der Waals surface area contributed by atoms with Crippen LogP contribution in [-0.4, -0.2) is 41.6 Å². The molecule has 0 spiro atoms. The maximum atomic E-state index is 4.85. The average molecular weight is 214 g/mol. The smallest absolute Gasteiger partial charge is 0.0971 e. The second kappa shape index (κ2) is 11.7. The molecule has 0 aromatic rings. The van der Waals surface area contributed by atoms with Crippen molar-refractivity contribution in [3.8, 4) is 0 Å². The molecule has 6 heteroatoms. The van der Waals surface area contributed by atoms with Gasteiger partial charge in [-0.3, -0.25) is 10.2 Å². The fourth-order valence-electron chi connectivity index (χ4n) is 0.183. The lowest BCUT2D eigenvalue weighted by Crippen LogP contribution is -1.95. The topological polar surface area (TPSA) is 42.5 Å². The summed E-state index contributed by atoms with van der Waals surface area (Å²) in [4.78, 5) is 0. The molecule has 0 heterocycles. The fourth-order valence-corrected chi connectivity index (χ4v) is 0.548. The second-order valence-corrected chi connectivity index (χ2v) is 5.42. The minimum Gasteiger partial charge on any atom is -0.347 e. The Morgan fingerprint density at radius 2 is 1.08 bits per heavy atom. The molecule has 0 saturated heterocycles. The third kappa shape index (κ3) is 13.3. The van der Waals surface area contributed by atoms with Gasteiger partial charge in [0.15, 0.2) is 0 Å². The number of rotatable bonds is 4. The number of hydrogen-bond acceptors (Lipinski definition) is 4. The van der Waals surface area contributed by atoms with Gasteiger partial charge in [-0.15, -0.1) is 0 Å². The standard InChI is InChI=1S/2C3H10NOP/c2*1-4-6(3)5-2/h2*4H,1-3H3. The highest BCUT2D eigenvalue weighted by molar-refractivity contribution is 7.49. The van der Waals surface area contributed by atoms with Gasteiger partial charge in [0, 0.05) is 14.2 Å². The Kier molecular flexibility index (Phi) is 14.8. The predicted octanol–water partition coefficient (Wildman–Crippen LogP) is 1.59. The molecule has 0 bridgehead atoms. The lowest BCUT2D eigenvalue weighted by atomic mass is 11.6. The third-order valence-electron chi connectivity index (χ3n) is 1.18. The summed E-state index contributed by atoms with van der Waals surface area (Å²) in [6.45, 7) is 4.02. The van der Waals surface area contributed by atoms with E-state index in [1.807, 2.05) is 27.4 Å². The van der Waals surface area contributed by atoms with E-state index in [1.54, 1.807) is 14.2 Å². The van der Waals surface area contributed by atoms with Gasteiger partial charge in [0.25, 0.3) is 0 Å². The SMILES string of the molecule is CNP(C)OC.CNP(C)OC. The minimum atomic E-state index is -0.326. The van der Waals surface area contributed by atoms with E-state index in [1.165, 1.54) is 0 Å². The van der Waals surface area contributed by atoms with E-state index >= 15 is 0 Å². The van der Waals surface area contributed by atoms with Crippen LogP contribution in [0.15, 0.2) is 0 Å². The van der Waals surface area contributed by atoms with Crippen LogP contribution in [0.3, 0.4) is 0 Å². The molecule has 4 nitrogen and oxygen atoms in total. The molecule has 2 atom stereocenters. The van der Waals surface area contributed by atoms with Crippen molar-refractivity contribution in [2.24, 2.45) is 0 Å². The highest BCUT2D eigenvalue weighted by Crippen LogP contribution is 2.22. The van der Waals surface area contributed by atoms with Gasteiger partial charge in [0.2, 0.25) is 0 Å². The van der Waals surface area contributed by atoms with Gasteiger partial charge in [0.05, 0.1) is 16.6 Å². The summed E-state index contributed by atoms with van der Waals surface area (Å²) in [5, 5.41) is 5.91. The first-order valence-corrected chi connectivity index (χ1v) is 6.94. The molecule has 0 aliphatic rings. The van der Waals surface area contributed by atoms with Crippen LogP contribution in [0.25, 0.3) is 0 Å². The molecular formula is C6H20N2O2P2. The molecule has 0 fully saturated rings. The van der Waals surface area contributed by atoms with E-state index in [0.717, 1.165) is 0 Å². The maximum Gasteiger partial charge on any atom is 0.0971 e. The van der Waals surface area contributed by atoms with Crippen molar-refractivity contribution in [3.63, 3.8) is 0 Å². The van der Waals surface area contributed by atoms with E-state index in [2.05, 4.69) is 10.2 Å². The molecular weight excluding hydrogens is 194 g/mol. The van der Waals surface area contributed by atoms with Crippen molar-refractivity contribution >= 4 is 16.6 Å². The van der Waals surface area contributed by atoms with Crippen molar-refractivity contribution in [2.75, 3.05) is 41.6 Å². The summed E-state index contributed by atoms with van der Waals surface area (Å²) in [5.74, 6) is 0. The quantitative estimate of drug-likeness (QED) is 0.697. The minimum absolute atomic E-state index is 0.326. The predicted molar refractivity (Wildman–Crippen MR) is 57.8 cm³/mol. The summed E-state index contributed by atoms with van der Waals surface area (Å²) in [6, 6.07) is 0. The van der Waals surface area contributed by atoms with E-state index in [-0.39, 0.29) is 16.6 Å². The summed E-state index contributed by atoms with van der Waals surface area (Å²) in [5.41, 5.74) is 0. The molecule has 0 aliphatic carbocycles. The van der Waals surface area contributed by atoms with Crippen molar-refractivity contribution in [1.82, 2.24) is 10.2 Å². The van der Waals surface area contributed by atoms with Gasteiger partial charge in [-0.05, 0) is 27.4 Å². The van der Waals surface area contributed by atoms with Gasteiger partial charge in [-0.1, -0.05) is 0 Å². The van der Waals surface area contributed by atoms with E-state index in [4.69, 9.17) is 9.05 Å². The van der Waals surface area contributed by atoms with Crippen molar-refractivity contribution in [3.05, 3.63) is 0 Å². The molecule has 2 N–H and O–H groups in total. The van der Waals surface area contributed by atoms with Crippen molar-refractivity contribution < 1.29 is 9.05 Å². The first-order valence-electron chi connectivity index (χ1n) is 3.52. The summed E-state index contributed by atoms with van der Waals surface area (Å²) in [6.07, 6.45) is 0. The molecule has 12 heavy (non-hydrogen) atoms. The monoisotopic (exact) mass is 214 g/mol. The second-order valence-electron chi connectivity index (χ2n) is 1.81. The summed E-state index contributed by atoms with van der Waals surface area (Å²) in [7, 11) is 6.51. The Labute approximate surface area is 78.2 Å². The Morgan fingerprint density at radius 3 is 1.08 bits per heavy atom. The Morgan fingerprint density at radius 1 is 0.833 bits per heavy atom. The number of nitrogens with one attached hydrogen (secondary N) is 2. The zero-order valence-corrected chi connectivity index (χ0v) is 10.5. The van der Waals surface area contributed by atoms with E-state index in [9.17, 15) is 0 Å². The summed E-state index contributed by atoms with van der Waals surface area (Å²) < 4.78 is 9.71. The number of hydrogen-bond donors (Lipinski definition) is 2. The van der Waals surface area contributed by atoms with E-state index in [0.29, 0.717) is 0 Å². The largest absolute Gasteiger partial charge is 0.347 e. The molecule has 76 valence electrons. The Bertz CT molecular complexity index is 69.9. The first kappa shape index (κ1) is 15.2. The zero-order chi connectivity index (χ0) is 9.98. The lowest BCUT2D eigenvalue weighted by Gasteiger charge is -2.03. The van der Waals surface area contributed by atoms with Crippen LogP contribution in [0.4, 0.5) is 0 Å². The van der Waals surface area contributed by atoms with Crippen LogP contribution in [0, 0.1) is 0 Å². The molecule has 0 saturated carbocycles. The molecule has 0 aromatic heterocycles. The Balaban J connectivity index is 0. The molecule has 2 unspecified atom stereocenters. The van der Waals surface area contributed by atoms with Crippen LogP contribution < -0.4 is 10.2 Å². The van der Waals surface area contributed by atoms with Crippen LogP contribution in [-0.2, 0) is 9.05 Å². The fraction of sp³-hybridized carbons (Fsp3) is 1.00. The highest BCUT2D eigenvalue weighted by Gasteiger charge is 1.87. The van der Waals surface area contributed by atoms with Crippen molar-refractivity contribution in [2.45, 2.75) is 0 Å². The molecule has 0 aromatic carbocycles. The maximum absolute atomic E-state index is 4.85. The zero-order valence-electron chi connectivity index (χ0n) is 8.71. The third-order valence-corrected chi connectivity index (χ3v) is 3.53. The van der Waals surface area contributed by atoms with Gasteiger partial charge in [-0.2, -0.15) is 0 Å². The molecule has 0 amide bonds. The first-order chi connectivity index (χ1) is 5.62. The Hall–Kier alpha value is 0.700. The van der Waals surface area contributed by atoms with Gasteiger partial charge >= 0.3 is 0 Å². The average Bonchev–Trinajstić information content (AvgIpc) is 2.16. The van der Waals surface area contributed by atoms with Gasteiger partial charge < -0.3 is 9.05 Å². The van der Waals surface area contributed by atoms with Crippen LogP contribution >= 0.6 is 16.6 Å². The molecule has 0 radical (unpaired) electrons.